The normalized spacial score (nSPS) is 11.6. The summed E-state index contributed by atoms with van der Waals surface area (Å²) in [6.07, 6.45) is -4.38. The Labute approximate surface area is 116 Å². The monoisotopic (exact) mass is 302 g/mol. The van der Waals surface area contributed by atoms with Gasteiger partial charge >= 0.3 is 12.1 Å². The minimum absolute atomic E-state index is 0.190. The molecule has 0 unspecified atom stereocenters. The summed E-state index contributed by atoms with van der Waals surface area (Å²) in [5.41, 5.74) is -0.715. The standard InChI is InChI=1S/C13H9F3O3S/c14-13(15,16)8-2-1-3-10(6-8)20-7-9-4-5-11(19-9)12(17)18/h1-6H,7H2,(H,17,18). The van der Waals surface area contributed by atoms with Gasteiger partial charge < -0.3 is 9.52 Å². The zero-order valence-electron chi connectivity index (χ0n) is 9.98. The molecular weight excluding hydrogens is 293 g/mol. The number of furan rings is 1. The Hall–Kier alpha value is -1.89. The van der Waals surface area contributed by atoms with E-state index in [1.165, 1.54) is 18.2 Å². The number of carbonyl (C=O) groups is 1. The molecule has 0 fully saturated rings. The molecule has 106 valence electrons. The van der Waals surface area contributed by atoms with Crippen molar-refractivity contribution in [1.82, 2.24) is 0 Å². The van der Waals surface area contributed by atoms with Gasteiger partial charge in [0.05, 0.1) is 11.3 Å². The van der Waals surface area contributed by atoms with Gasteiger partial charge in [-0.05, 0) is 30.3 Å². The summed E-state index contributed by atoms with van der Waals surface area (Å²) in [4.78, 5) is 11.1. The maximum absolute atomic E-state index is 12.5. The Morgan fingerprint density at radius 1 is 1.25 bits per heavy atom. The minimum atomic E-state index is -4.38. The molecule has 0 spiro atoms. The van der Waals surface area contributed by atoms with E-state index in [0.29, 0.717) is 10.7 Å². The van der Waals surface area contributed by atoms with Crippen molar-refractivity contribution >= 4 is 17.7 Å². The molecule has 0 aliphatic carbocycles. The van der Waals surface area contributed by atoms with Crippen LogP contribution in [0.1, 0.15) is 21.9 Å². The van der Waals surface area contributed by atoms with Crippen LogP contribution in [0.3, 0.4) is 0 Å². The smallest absolute Gasteiger partial charge is 0.416 e. The van der Waals surface area contributed by atoms with Crippen LogP contribution in [0.5, 0.6) is 0 Å². The van der Waals surface area contributed by atoms with E-state index in [1.54, 1.807) is 6.07 Å². The summed E-state index contributed by atoms with van der Waals surface area (Å²) in [7, 11) is 0. The topological polar surface area (TPSA) is 50.4 Å². The fraction of sp³-hybridized carbons (Fsp3) is 0.154. The molecule has 2 aromatic rings. The average Bonchev–Trinajstić information content (AvgIpc) is 2.85. The van der Waals surface area contributed by atoms with E-state index in [1.807, 2.05) is 0 Å². The number of alkyl halides is 3. The lowest BCUT2D eigenvalue weighted by Gasteiger charge is -2.07. The van der Waals surface area contributed by atoms with Crippen LogP contribution in [0.15, 0.2) is 45.7 Å². The maximum atomic E-state index is 12.5. The van der Waals surface area contributed by atoms with E-state index >= 15 is 0 Å². The van der Waals surface area contributed by atoms with Gasteiger partial charge in [0.15, 0.2) is 0 Å². The molecule has 3 nitrogen and oxygen atoms in total. The van der Waals surface area contributed by atoms with Gasteiger partial charge in [0.1, 0.15) is 5.76 Å². The molecule has 0 saturated heterocycles. The quantitative estimate of drug-likeness (QED) is 0.856. The average molecular weight is 302 g/mol. The highest BCUT2D eigenvalue weighted by Crippen LogP contribution is 2.32. The number of rotatable bonds is 4. The molecule has 1 aromatic carbocycles. The van der Waals surface area contributed by atoms with Crippen molar-refractivity contribution in [1.29, 1.82) is 0 Å². The zero-order chi connectivity index (χ0) is 14.8. The van der Waals surface area contributed by atoms with Gasteiger partial charge in [-0.1, -0.05) is 6.07 Å². The third-order valence-corrected chi connectivity index (χ3v) is 3.43. The number of benzene rings is 1. The molecule has 1 heterocycles. The first-order valence-corrected chi connectivity index (χ1v) is 6.47. The molecule has 20 heavy (non-hydrogen) atoms. The van der Waals surface area contributed by atoms with Gasteiger partial charge in [-0.2, -0.15) is 13.2 Å². The molecule has 1 N–H and O–H groups in total. The van der Waals surface area contributed by atoms with E-state index in [4.69, 9.17) is 9.52 Å². The third-order valence-electron chi connectivity index (χ3n) is 2.41. The number of aromatic carboxylic acids is 1. The summed E-state index contributed by atoms with van der Waals surface area (Å²) in [6.45, 7) is 0. The highest BCUT2D eigenvalue weighted by molar-refractivity contribution is 7.98. The maximum Gasteiger partial charge on any atom is 0.416 e. The van der Waals surface area contributed by atoms with Gasteiger partial charge in [0.25, 0.3) is 0 Å². The van der Waals surface area contributed by atoms with Gasteiger partial charge in [-0.3, -0.25) is 0 Å². The lowest BCUT2D eigenvalue weighted by Crippen LogP contribution is -2.04. The second-order valence-corrected chi connectivity index (χ2v) is 4.93. The number of halogens is 3. The van der Waals surface area contributed by atoms with Crippen LogP contribution in [0, 0.1) is 0 Å². The van der Waals surface area contributed by atoms with Crippen LogP contribution >= 0.6 is 11.8 Å². The molecule has 0 atom stereocenters. The zero-order valence-corrected chi connectivity index (χ0v) is 10.8. The minimum Gasteiger partial charge on any atom is -0.475 e. The molecule has 0 aliphatic heterocycles. The van der Waals surface area contributed by atoms with E-state index in [-0.39, 0.29) is 11.5 Å². The molecule has 7 heteroatoms. The number of carboxylic acid groups (broad SMARTS) is 1. The lowest BCUT2D eigenvalue weighted by molar-refractivity contribution is -0.137. The van der Waals surface area contributed by atoms with Crippen molar-refractivity contribution in [3.63, 3.8) is 0 Å². The summed E-state index contributed by atoms with van der Waals surface area (Å²) >= 11 is 1.14. The Balaban J connectivity index is 2.05. The first kappa shape index (κ1) is 14.5. The van der Waals surface area contributed by atoms with Gasteiger partial charge in [0.2, 0.25) is 5.76 Å². The Morgan fingerprint density at radius 2 is 2.00 bits per heavy atom. The lowest BCUT2D eigenvalue weighted by atomic mass is 10.2. The predicted molar refractivity (Wildman–Crippen MR) is 66.7 cm³/mol. The van der Waals surface area contributed by atoms with Crippen LogP contribution in [0.4, 0.5) is 13.2 Å². The predicted octanol–water partition coefficient (Wildman–Crippen LogP) is 4.29. The van der Waals surface area contributed by atoms with Crippen LogP contribution in [0.25, 0.3) is 0 Å². The number of thioether (sulfide) groups is 1. The summed E-state index contributed by atoms with van der Waals surface area (Å²) < 4.78 is 42.6. The Kier molecular flexibility index (Phi) is 4.08. The molecule has 0 bridgehead atoms. The molecule has 0 amide bonds. The summed E-state index contributed by atoms with van der Waals surface area (Å²) in [5.74, 6) is -0.719. The Bertz CT molecular complexity index is 619. The second-order valence-electron chi connectivity index (χ2n) is 3.89. The van der Waals surface area contributed by atoms with E-state index in [9.17, 15) is 18.0 Å². The van der Waals surface area contributed by atoms with Crippen molar-refractivity contribution < 1.29 is 27.5 Å². The van der Waals surface area contributed by atoms with E-state index < -0.39 is 17.7 Å². The molecule has 1 aromatic heterocycles. The fourth-order valence-electron chi connectivity index (χ4n) is 1.49. The van der Waals surface area contributed by atoms with Crippen molar-refractivity contribution in [3.05, 3.63) is 53.5 Å². The number of hydrogen-bond donors (Lipinski definition) is 1. The summed E-state index contributed by atoms with van der Waals surface area (Å²) in [6, 6.07) is 7.73. The fourth-order valence-corrected chi connectivity index (χ4v) is 2.34. The van der Waals surface area contributed by atoms with Crippen LogP contribution in [-0.2, 0) is 11.9 Å². The van der Waals surface area contributed by atoms with Gasteiger partial charge in [-0.25, -0.2) is 4.79 Å². The van der Waals surface area contributed by atoms with Crippen molar-refractivity contribution in [3.8, 4) is 0 Å². The highest BCUT2D eigenvalue weighted by atomic mass is 32.2. The van der Waals surface area contributed by atoms with Crippen LogP contribution < -0.4 is 0 Å². The van der Waals surface area contributed by atoms with Crippen LogP contribution in [0.2, 0.25) is 0 Å². The first-order chi connectivity index (χ1) is 9.36. The van der Waals surface area contributed by atoms with Crippen molar-refractivity contribution in [2.75, 3.05) is 0 Å². The molecule has 0 saturated carbocycles. The number of carboxylic acids is 1. The highest BCUT2D eigenvalue weighted by Gasteiger charge is 2.30. The molecule has 0 aliphatic rings. The largest absolute Gasteiger partial charge is 0.475 e. The third kappa shape index (κ3) is 3.57. The number of hydrogen-bond acceptors (Lipinski definition) is 3. The van der Waals surface area contributed by atoms with Crippen LogP contribution in [-0.4, -0.2) is 11.1 Å². The Morgan fingerprint density at radius 3 is 2.60 bits per heavy atom. The van der Waals surface area contributed by atoms with Gasteiger partial charge in [0, 0.05) is 4.90 Å². The summed E-state index contributed by atoms with van der Waals surface area (Å²) in [5, 5.41) is 8.68. The molecular formula is C13H9F3O3S. The molecule has 0 radical (unpaired) electrons. The van der Waals surface area contributed by atoms with Crippen molar-refractivity contribution in [2.45, 2.75) is 16.8 Å². The SMILES string of the molecule is O=C(O)c1ccc(CSc2cccc(C(F)(F)F)c2)o1. The second kappa shape index (κ2) is 5.62. The van der Waals surface area contributed by atoms with E-state index in [0.717, 1.165) is 23.9 Å². The van der Waals surface area contributed by atoms with E-state index in [2.05, 4.69) is 0 Å². The van der Waals surface area contributed by atoms with Crippen molar-refractivity contribution in [2.24, 2.45) is 0 Å². The van der Waals surface area contributed by atoms with Gasteiger partial charge in [-0.15, -0.1) is 11.8 Å². The first-order valence-electron chi connectivity index (χ1n) is 5.48. The molecule has 2 rings (SSSR count).